The Morgan fingerprint density at radius 3 is 1.61 bits per heavy atom. The first-order valence-corrected chi connectivity index (χ1v) is 6.60. The largest absolute Gasteiger partial charge is 0.501 e. The maximum absolute atomic E-state index is 13.7. The van der Waals surface area contributed by atoms with Gasteiger partial charge in [-0.05, 0) is 6.07 Å². The maximum Gasteiger partial charge on any atom is 0.501 e. The quantitative estimate of drug-likeness (QED) is 0.729. The van der Waals surface area contributed by atoms with Crippen molar-refractivity contribution in [1.29, 1.82) is 0 Å². The van der Waals surface area contributed by atoms with Gasteiger partial charge in [-0.2, -0.15) is 39.5 Å². The van der Waals surface area contributed by atoms with Crippen LogP contribution in [0, 0.1) is 6.07 Å². The molecule has 131 valence electrons. The van der Waals surface area contributed by atoms with Crippen molar-refractivity contribution in [3.05, 3.63) is 29.8 Å². The minimum Gasteiger partial charge on any atom is -0.218 e. The standard InChI is InChI=1S/C10H3F10O2S/c11-7(8(12,13)14,9(15,16)17)5-2-1-3-6(4-5)23(21,22)10(18,19)20/h1-2,4H. The molecular formula is C10H3F10O2S. The molecule has 0 atom stereocenters. The average Bonchev–Trinajstić information content (AvgIpc) is 2.33. The third-order valence-corrected chi connectivity index (χ3v) is 3.97. The molecule has 0 aliphatic carbocycles. The molecular weight excluding hydrogens is 374 g/mol. The second-order valence-electron chi connectivity index (χ2n) is 4.04. The molecule has 0 spiro atoms. The fraction of sp³-hybridized carbons (Fsp3) is 0.400. The number of alkyl halides is 10. The van der Waals surface area contributed by atoms with E-state index in [0.29, 0.717) is 0 Å². The lowest BCUT2D eigenvalue weighted by Crippen LogP contribution is -2.50. The predicted octanol–water partition coefficient (Wildman–Crippen LogP) is 4.07. The molecule has 23 heavy (non-hydrogen) atoms. The topological polar surface area (TPSA) is 34.1 Å². The average molecular weight is 377 g/mol. The monoisotopic (exact) mass is 377 g/mol. The zero-order valence-corrected chi connectivity index (χ0v) is 11.1. The van der Waals surface area contributed by atoms with E-state index in [-0.39, 0.29) is 12.1 Å². The van der Waals surface area contributed by atoms with E-state index in [9.17, 15) is 52.3 Å². The molecule has 0 unspecified atom stereocenters. The number of rotatable bonds is 2. The molecule has 0 bridgehead atoms. The smallest absolute Gasteiger partial charge is 0.218 e. The molecule has 0 N–H and O–H groups in total. The maximum atomic E-state index is 13.7. The van der Waals surface area contributed by atoms with Gasteiger partial charge in [0, 0.05) is 11.6 Å². The van der Waals surface area contributed by atoms with E-state index in [1.54, 1.807) is 0 Å². The highest BCUT2D eigenvalue weighted by molar-refractivity contribution is 7.92. The lowest BCUT2D eigenvalue weighted by molar-refractivity contribution is -0.348. The Morgan fingerprint density at radius 1 is 0.826 bits per heavy atom. The number of sulfone groups is 1. The van der Waals surface area contributed by atoms with Gasteiger partial charge < -0.3 is 0 Å². The van der Waals surface area contributed by atoms with Crippen LogP contribution in [0.3, 0.4) is 0 Å². The summed E-state index contributed by atoms with van der Waals surface area (Å²) in [6.07, 6.45) is -13.2. The molecule has 0 heterocycles. The van der Waals surface area contributed by atoms with Crippen molar-refractivity contribution in [2.45, 2.75) is 28.4 Å². The summed E-state index contributed by atoms with van der Waals surface area (Å²) in [4.78, 5) is -2.07. The number of halogens is 10. The van der Waals surface area contributed by atoms with Crippen molar-refractivity contribution < 1.29 is 52.3 Å². The first-order valence-electron chi connectivity index (χ1n) is 5.12. The summed E-state index contributed by atoms with van der Waals surface area (Å²) in [6.45, 7) is 0. The molecule has 2 nitrogen and oxygen atoms in total. The van der Waals surface area contributed by atoms with Gasteiger partial charge in [0.2, 0.25) is 0 Å². The minimum atomic E-state index is -6.59. The molecule has 1 rings (SSSR count). The van der Waals surface area contributed by atoms with Crippen LogP contribution in [-0.4, -0.2) is 26.3 Å². The third kappa shape index (κ3) is 3.10. The zero-order chi connectivity index (χ0) is 18.5. The van der Waals surface area contributed by atoms with Gasteiger partial charge in [-0.15, -0.1) is 0 Å². The highest BCUT2D eigenvalue weighted by Gasteiger charge is 2.73. The SMILES string of the molecule is O=S(=O)(c1[c]ccc(C(F)(C(F)(F)F)C(F)(F)F)c1)C(F)(F)F. The van der Waals surface area contributed by atoms with Crippen LogP contribution in [0.5, 0.6) is 0 Å². The summed E-state index contributed by atoms with van der Waals surface area (Å²) >= 11 is 0. The summed E-state index contributed by atoms with van der Waals surface area (Å²) in [5, 5.41) is 0. The predicted molar refractivity (Wildman–Crippen MR) is 53.4 cm³/mol. The van der Waals surface area contributed by atoms with Crippen LogP contribution in [0.1, 0.15) is 5.56 Å². The highest BCUT2D eigenvalue weighted by atomic mass is 32.2. The summed E-state index contributed by atoms with van der Waals surface area (Å²) in [5.74, 6) is 0. The number of benzene rings is 1. The molecule has 0 saturated heterocycles. The summed E-state index contributed by atoms with van der Waals surface area (Å²) < 4.78 is 147. The Bertz CT molecular complexity index is 669. The normalized spacial score (nSPS) is 14.9. The van der Waals surface area contributed by atoms with Crippen LogP contribution in [-0.2, 0) is 15.5 Å². The van der Waals surface area contributed by atoms with Crippen molar-refractivity contribution >= 4 is 9.84 Å². The molecule has 0 fully saturated rings. The second kappa shape index (κ2) is 5.24. The van der Waals surface area contributed by atoms with Crippen molar-refractivity contribution in [3.8, 4) is 0 Å². The van der Waals surface area contributed by atoms with Gasteiger partial charge in [-0.3, -0.25) is 0 Å². The van der Waals surface area contributed by atoms with Gasteiger partial charge in [-0.1, -0.05) is 12.1 Å². The van der Waals surface area contributed by atoms with E-state index < -0.39 is 49.9 Å². The van der Waals surface area contributed by atoms with Gasteiger partial charge in [0.05, 0.1) is 4.90 Å². The van der Waals surface area contributed by atoms with E-state index in [0.717, 1.165) is 0 Å². The molecule has 1 aromatic rings. The molecule has 1 radical (unpaired) electrons. The molecule has 0 aromatic heterocycles. The van der Waals surface area contributed by atoms with Crippen LogP contribution < -0.4 is 0 Å². The fourth-order valence-corrected chi connectivity index (χ4v) is 2.18. The number of hydrogen-bond acceptors (Lipinski definition) is 2. The van der Waals surface area contributed by atoms with Crippen LogP contribution in [0.15, 0.2) is 23.1 Å². The lowest BCUT2D eigenvalue weighted by atomic mass is 9.94. The Hall–Kier alpha value is -1.53. The number of hydrogen-bond donors (Lipinski definition) is 0. The van der Waals surface area contributed by atoms with Crippen molar-refractivity contribution in [3.63, 3.8) is 0 Å². The van der Waals surface area contributed by atoms with E-state index >= 15 is 0 Å². The Kier molecular flexibility index (Phi) is 4.45. The molecule has 0 aliphatic rings. The van der Waals surface area contributed by atoms with Gasteiger partial charge in [0.15, 0.2) is 0 Å². The fourth-order valence-electron chi connectivity index (χ4n) is 1.43. The van der Waals surface area contributed by atoms with Gasteiger partial charge >= 0.3 is 23.5 Å². The Morgan fingerprint density at radius 2 is 1.26 bits per heavy atom. The Labute approximate surface area is 121 Å². The molecule has 13 heteroatoms. The van der Waals surface area contributed by atoms with Crippen LogP contribution in [0.25, 0.3) is 0 Å². The summed E-state index contributed by atoms with van der Waals surface area (Å²) in [7, 11) is -6.31. The highest BCUT2D eigenvalue weighted by Crippen LogP contribution is 2.53. The van der Waals surface area contributed by atoms with Crippen molar-refractivity contribution in [1.82, 2.24) is 0 Å². The summed E-state index contributed by atoms with van der Waals surface area (Å²) in [5.41, 5.74) is -14.4. The van der Waals surface area contributed by atoms with Crippen molar-refractivity contribution in [2.75, 3.05) is 0 Å². The minimum absolute atomic E-state index is 0.0137. The van der Waals surface area contributed by atoms with Crippen LogP contribution in [0.4, 0.5) is 43.9 Å². The molecule has 0 amide bonds. The van der Waals surface area contributed by atoms with E-state index in [4.69, 9.17) is 0 Å². The van der Waals surface area contributed by atoms with Crippen LogP contribution in [0.2, 0.25) is 0 Å². The Balaban J connectivity index is 3.67. The molecule has 0 aliphatic heterocycles. The van der Waals surface area contributed by atoms with Gasteiger partial charge in [-0.25, -0.2) is 12.8 Å². The third-order valence-electron chi connectivity index (χ3n) is 2.55. The second-order valence-corrected chi connectivity index (χ2v) is 5.95. The van der Waals surface area contributed by atoms with E-state index in [1.807, 2.05) is 0 Å². The summed E-state index contributed by atoms with van der Waals surface area (Å²) in [6, 6.07) is 0.460. The van der Waals surface area contributed by atoms with Gasteiger partial charge in [0.1, 0.15) is 0 Å². The van der Waals surface area contributed by atoms with Crippen LogP contribution >= 0.6 is 0 Å². The van der Waals surface area contributed by atoms with E-state index in [2.05, 4.69) is 0 Å². The first-order chi connectivity index (χ1) is 9.96. The molecule has 1 aromatic carbocycles. The zero-order valence-electron chi connectivity index (χ0n) is 10.2. The van der Waals surface area contributed by atoms with Gasteiger partial charge in [0.25, 0.3) is 9.84 Å². The lowest BCUT2D eigenvalue weighted by Gasteiger charge is -2.30. The van der Waals surface area contributed by atoms with Crippen molar-refractivity contribution in [2.24, 2.45) is 0 Å². The molecule has 0 saturated carbocycles. The first kappa shape index (κ1) is 19.5. The van der Waals surface area contributed by atoms with E-state index in [1.165, 1.54) is 6.07 Å².